The van der Waals surface area contributed by atoms with Crippen LogP contribution in [0.25, 0.3) is 0 Å². The molecule has 0 aromatic rings. The van der Waals surface area contributed by atoms with Crippen LogP contribution in [0.1, 0.15) is 6.92 Å². The lowest BCUT2D eigenvalue weighted by Gasteiger charge is -1.88. The summed E-state index contributed by atoms with van der Waals surface area (Å²) in [6, 6.07) is 0. The van der Waals surface area contributed by atoms with Crippen molar-refractivity contribution in [3.05, 3.63) is 23.8 Å². The Morgan fingerprint density at radius 2 is 2.18 bits per heavy atom. The van der Waals surface area contributed by atoms with E-state index in [1.54, 1.807) is 20.0 Å². The van der Waals surface area contributed by atoms with Gasteiger partial charge >= 0.3 is 5.97 Å². The minimum absolute atomic E-state index is 0.268. The maximum atomic E-state index is 10.4. The number of carboxylic acids is 1. The Morgan fingerprint density at radius 1 is 1.55 bits per heavy atom. The summed E-state index contributed by atoms with van der Waals surface area (Å²) in [6.07, 6.45) is 6.15. The average Bonchev–Trinajstić information content (AvgIpc) is 1.97. The van der Waals surface area contributed by atoms with Crippen LogP contribution in [-0.2, 0) is 4.79 Å². The summed E-state index contributed by atoms with van der Waals surface area (Å²) in [4.78, 5) is 14.0. The van der Waals surface area contributed by atoms with Gasteiger partial charge in [-0.2, -0.15) is 0 Å². The van der Waals surface area contributed by atoms with Gasteiger partial charge in [0.2, 0.25) is 0 Å². The maximum absolute atomic E-state index is 10.4. The lowest BCUT2D eigenvalue weighted by Crippen LogP contribution is -1.96. The molecule has 0 aromatic heterocycles. The van der Waals surface area contributed by atoms with E-state index >= 15 is 0 Å². The van der Waals surface area contributed by atoms with Crippen molar-refractivity contribution in [1.82, 2.24) is 0 Å². The number of rotatable bonds is 3. The first kappa shape index (κ1) is 9.62. The first-order valence-electron chi connectivity index (χ1n) is 3.20. The van der Waals surface area contributed by atoms with Gasteiger partial charge in [0.05, 0.1) is 5.57 Å². The zero-order valence-electron chi connectivity index (χ0n) is 6.61. The smallest absolute Gasteiger partial charge is 0.335 e. The molecule has 0 aliphatic carbocycles. The van der Waals surface area contributed by atoms with Crippen LogP contribution >= 0.6 is 0 Å². The molecule has 0 saturated carbocycles. The number of aliphatic carboxylic acids is 1. The van der Waals surface area contributed by atoms with Crippen LogP contribution in [0.2, 0.25) is 0 Å². The van der Waals surface area contributed by atoms with E-state index in [2.05, 4.69) is 4.99 Å². The van der Waals surface area contributed by atoms with Crippen LogP contribution < -0.4 is 0 Å². The van der Waals surface area contributed by atoms with Gasteiger partial charge in [-0.1, -0.05) is 6.08 Å². The van der Waals surface area contributed by atoms with Gasteiger partial charge in [-0.25, -0.2) is 4.79 Å². The van der Waals surface area contributed by atoms with Crippen molar-refractivity contribution in [2.24, 2.45) is 4.99 Å². The number of carboxylic acid groups (broad SMARTS) is 1. The van der Waals surface area contributed by atoms with E-state index in [0.29, 0.717) is 0 Å². The molecule has 0 unspecified atom stereocenters. The molecule has 0 spiro atoms. The quantitative estimate of drug-likeness (QED) is 0.377. The molecule has 11 heavy (non-hydrogen) atoms. The third-order valence-electron chi connectivity index (χ3n) is 1.07. The first-order chi connectivity index (χ1) is 5.22. The van der Waals surface area contributed by atoms with Gasteiger partial charge in [-0.3, -0.25) is 4.99 Å². The number of allylic oxidation sites excluding steroid dienone is 2. The predicted molar refractivity (Wildman–Crippen MR) is 44.9 cm³/mol. The summed E-state index contributed by atoms with van der Waals surface area (Å²) >= 11 is 0. The summed E-state index contributed by atoms with van der Waals surface area (Å²) in [5.74, 6) is -0.923. The molecule has 3 nitrogen and oxygen atoms in total. The molecule has 0 saturated heterocycles. The van der Waals surface area contributed by atoms with Gasteiger partial charge in [0.15, 0.2) is 0 Å². The Morgan fingerprint density at radius 3 is 2.55 bits per heavy atom. The maximum Gasteiger partial charge on any atom is 0.335 e. The third-order valence-corrected chi connectivity index (χ3v) is 1.07. The Balaban J connectivity index is 4.22. The Bertz CT molecular complexity index is 214. The second kappa shape index (κ2) is 5.41. The van der Waals surface area contributed by atoms with Crippen molar-refractivity contribution in [3.63, 3.8) is 0 Å². The molecular formula is C8H11NO2. The average molecular weight is 153 g/mol. The van der Waals surface area contributed by atoms with Crippen LogP contribution in [0, 0.1) is 0 Å². The summed E-state index contributed by atoms with van der Waals surface area (Å²) < 4.78 is 0. The molecule has 0 aliphatic rings. The minimum Gasteiger partial charge on any atom is -0.478 e. The van der Waals surface area contributed by atoms with Crippen molar-refractivity contribution >= 4 is 12.2 Å². The number of hydrogen-bond acceptors (Lipinski definition) is 2. The first-order valence-corrected chi connectivity index (χ1v) is 3.20. The fourth-order valence-electron chi connectivity index (χ4n) is 0.524. The Hall–Kier alpha value is -1.38. The SMILES string of the molecule is C\C=C(/C=C\C=N/C)C(=O)O. The number of hydrogen-bond donors (Lipinski definition) is 1. The van der Waals surface area contributed by atoms with Crippen molar-refractivity contribution in [3.8, 4) is 0 Å². The predicted octanol–water partition coefficient (Wildman–Crippen LogP) is 1.27. The lowest BCUT2D eigenvalue weighted by atomic mass is 10.2. The van der Waals surface area contributed by atoms with Crippen molar-refractivity contribution < 1.29 is 9.90 Å². The Labute approximate surface area is 65.8 Å². The fraction of sp³-hybridized carbons (Fsp3) is 0.250. The highest BCUT2D eigenvalue weighted by Gasteiger charge is 1.98. The third kappa shape index (κ3) is 4.08. The molecule has 0 aromatic carbocycles. The van der Waals surface area contributed by atoms with E-state index in [9.17, 15) is 4.79 Å². The van der Waals surface area contributed by atoms with E-state index < -0.39 is 5.97 Å². The van der Waals surface area contributed by atoms with Gasteiger partial charge in [0.25, 0.3) is 0 Å². The minimum atomic E-state index is -0.923. The summed E-state index contributed by atoms with van der Waals surface area (Å²) in [7, 11) is 1.63. The molecule has 0 rings (SSSR count). The molecule has 0 amide bonds. The molecular weight excluding hydrogens is 142 g/mol. The largest absolute Gasteiger partial charge is 0.478 e. The van der Waals surface area contributed by atoms with Gasteiger partial charge < -0.3 is 5.11 Å². The number of aliphatic imine (C=N–C) groups is 1. The molecule has 0 heterocycles. The topological polar surface area (TPSA) is 49.7 Å². The molecule has 0 aliphatic heterocycles. The van der Waals surface area contributed by atoms with Crippen LogP contribution in [0.5, 0.6) is 0 Å². The van der Waals surface area contributed by atoms with Crippen LogP contribution in [0.3, 0.4) is 0 Å². The van der Waals surface area contributed by atoms with E-state index in [-0.39, 0.29) is 5.57 Å². The molecule has 0 atom stereocenters. The Kier molecular flexibility index (Phi) is 4.73. The molecule has 0 bridgehead atoms. The summed E-state index contributed by atoms with van der Waals surface area (Å²) in [5.41, 5.74) is 0.268. The van der Waals surface area contributed by atoms with Gasteiger partial charge in [0, 0.05) is 13.3 Å². The number of carbonyl (C=O) groups is 1. The monoisotopic (exact) mass is 153 g/mol. The number of nitrogens with zero attached hydrogens (tertiary/aromatic N) is 1. The highest BCUT2D eigenvalue weighted by molar-refractivity contribution is 5.91. The van der Waals surface area contributed by atoms with Crippen LogP contribution in [0.15, 0.2) is 28.8 Å². The van der Waals surface area contributed by atoms with Gasteiger partial charge in [0.1, 0.15) is 0 Å². The lowest BCUT2D eigenvalue weighted by molar-refractivity contribution is -0.132. The molecule has 0 radical (unpaired) electrons. The van der Waals surface area contributed by atoms with E-state index in [4.69, 9.17) is 5.11 Å². The van der Waals surface area contributed by atoms with Crippen LogP contribution in [0.4, 0.5) is 0 Å². The van der Waals surface area contributed by atoms with Gasteiger partial charge in [-0.05, 0) is 19.1 Å². The molecule has 60 valence electrons. The fourth-order valence-corrected chi connectivity index (χ4v) is 0.524. The zero-order valence-corrected chi connectivity index (χ0v) is 6.61. The highest BCUT2D eigenvalue weighted by Crippen LogP contribution is 1.94. The van der Waals surface area contributed by atoms with E-state index in [1.807, 2.05) is 0 Å². The van der Waals surface area contributed by atoms with Crippen molar-refractivity contribution in [2.75, 3.05) is 7.05 Å². The normalized spacial score (nSPS) is 13.1. The van der Waals surface area contributed by atoms with Crippen molar-refractivity contribution in [1.29, 1.82) is 0 Å². The zero-order chi connectivity index (χ0) is 8.69. The second-order valence-corrected chi connectivity index (χ2v) is 1.82. The summed E-state index contributed by atoms with van der Waals surface area (Å²) in [5, 5.41) is 8.51. The standard InChI is InChI=1S/C8H11NO2/c1-3-7(8(10)11)5-4-6-9-2/h3-6H,1-2H3,(H,10,11)/b5-4-,7-3+,9-6-. The highest BCUT2D eigenvalue weighted by atomic mass is 16.4. The van der Waals surface area contributed by atoms with Gasteiger partial charge in [-0.15, -0.1) is 0 Å². The molecule has 1 N–H and O–H groups in total. The van der Waals surface area contributed by atoms with Crippen LogP contribution in [-0.4, -0.2) is 24.3 Å². The van der Waals surface area contributed by atoms with Crippen molar-refractivity contribution in [2.45, 2.75) is 6.92 Å². The van der Waals surface area contributed by atoms with E-state index in [0.717, 1.165) is 0 Å². The second-order valence-electron chi connectivity index (χ2n) is 1.82. The molecule has 3 heteroatoms. The van der Waals surface area contributed by atoms with E-state index in [1.165, 1.54) is 18.4 Å². The summed E-state index contributed by atoms with van der Waals surface area (Å²) in [6.45, 7) is 1.68. The molecule has 0 fully saturated rings.